The number of carbonyl (C=O) groups excluding carboxylic acids is 2. The van der Waals surface area contributed by atoms with E-state index < -0.39 is 23.0 Å². The molecule has 0 aliphatic carbocycles. The topological polar surface area (TPSA) is 83.9 Å². The quantitative estimate of drug-likeness (QED) is 0.343. The van der Waals surface area contributed by atoms with Gasteiger partial charge in [-0.3, -0.25) is 19.3 Å². The molecule has 1 unspecified atom stereocenters. The Hall–Kier alpha value is -4.05. The van der Waals surface area contributed by atoms with Crippen molar-refractivity contribution >= 4 is 11.8 Å². The zero-order valence-corrected chi connectivity index (χ0v) is 25.7. The van der Waals surface area contributed by atoms with Gasteiger partial charge < -0.3 is 19.5 Å². The molecular formula is C34H40F2N4O4. The molecule has 44 heavy (non-hydrogen) atoms. The molecule has 2 atom stereocenters. The van der Waals surface area contributed by atoms with Crippen LogP contribution in [0.3, 0.4) is 0 Å². The maximum absolute atomic E-state index is 14.4. The number of hydrogen-bond acceptors (Lipinski definition) is 5. The van der Waals surface area contributed by atoms with E-state index in [9.17, 15) is 23.2 Å². The fourth-order valence-corrected chi connectivity index (χ4v) is 6.25. The molecule has 1 saturated heterocycles. The molecule has 8 nitrogen and oxygen atoms in total. The number of halogens is 2. The van der Waals surface area contributed by atoms with Crippen LogP contribution in [0.15, 0.2) is 59.5 Å². The van der Waals surface area contributed by atoms with Gasteiger partial charge in [-0.25, -0.2) is 8.78 Å². The van der Waals surface area contributed by atoms with Crippen LogP contribution in [0.5, 0.6) is 5.75 Å². The smallest absolute Gasteiger partial charge is 0.276 e. The maximum Gasteiger partial charge on any atom is 0.276 e. The van der Waals surface area contributed by atoms with Gasteiger partial charge in [0.15, 0.2) is 11.4 Å². The number of carbonyl (C=O) groups is 2. The summed E-state index contributed by atoms with van der Waals surface area (Å²) in [5, 5.41) is 2.58. The van der Waals surface area contributed by atoms with Crippen molar-refractivity contribution in [3.05, 3.63) is 99.0 Å². The van der Waals surface area contributed by atoms with E-state index in [1.807, 2.05) is 35.2 Å². The molecule has 5 rings (SSSR count). The highest BCUT2D eigenvalue weighted by Gasteiger charge is 2.45. The van der Waals surface area contributed by atoms with Gasteiger partial charge in [0.05, 0.1) is 6.54 Å². The summed E-state index contributed by atoms with van der Waals surface area (Å²) >= 11 is 0. The second-order valence-electron chi connectivity index (χ2n) is 12.5. The minimum Gasteiger partial charge on any atom is -0.483 e. The standard InChI is InChI=1S/C34H40F2N4O4/c1-21(2)14-26-12-13-38(17-22(3)4)29-19-39-18-27(33(42)37-16-24-10-11-25(35)15-28(24)36)31(41)32(30(39)34(43)40(26)29)44-20-23-8-6-5-7-9-23/h5-11,15,18,21-22,26,29H,12-14,16-17,19-20H2,1-4H3,(H,37,42)/t26-,29?/m1/s1. The normalized spacial score (nSPS) is 18.4. The van der Waals surface area contributed by atoms with Crippen LogP contribution < -0.4 is 15.5 Å². The Morgan fingerprint density at radius 3 is 2.48 bits per heavy atom. The first-order chi connectivity index (χ1) is 21.0. The van der Waals surface area contributed by atoms with Gasteiger partial charge in [0, 0.05) is 43.5 Å². The molecule has 2 amide bonds. The van der Waals surface area contributed by atoms with Crippen LogP contribution in [0.4, 0.5) is 8.78 Å². The van der Waals surface area contributed by atoms with Crippen LogP contribution in [0.25, 0.3) is 0 Å². The Kier molecular flexibility index (Phi) is 9.48. The van der Waals surface area contributed by atoms with Crippen molar-refractivity contribution in [3.8, 4) is 5.75 Å². The van der Waals surface area contributed by atoms with Crippen molar-refractivity contribution in [1.82, 2.24) is 19.7 Å². The number of fused-ring (bicyclic) bond motifs is 2. The molecule has 1 aromatic heterocycles. The summed E-state index contributed by atoms with van der Waals surface area (Å²) in [7, 11) is 0. The van der Waals surface area contributed by atoms with E-state index in [-0.39, 0.29) is 53.8 Å². The van der Waals surface area contributed by atoms with Crippen molar-refractivity contribution in [3.63, 3.8) is 0 Å². The molecule has 234 valence electrons. The van der Waals surface area contributed by atoms with Crippen molar-refractivity contribution in [2.75, 3.05) is 13.1 Å². The number of aromatic nitrogens is 1. The van der Waals surface area contributed by atoms with E-state index in [0.717, 1.165) is 43.6 Å². The second kappa shape index (κ2) is 13.3. The number of rotatable bonds is 10. The molecule has 0 saturated carbocycles. The van der Waals surface area contributed by atoms with Crippen LogP contribution in [-0.4, -0.2) is 51.5 Å². The minimum atomic E-state index is -0.802. The van der Waals surface area contributed by atoms with E-state index in [1.165, 1.54) is 12.3 Å². The van der Waals surface area contributed by atoms with E-state index in [1.54, 1.807) is 4.57 Å². The number of hydrogen-bond donors (Lipinski definition) is 1. The lowest BCUT2D eigenvalue weighted by Gasteiger charge is -2.52. The Bertz CT molecular complexity index is 1570. The lowest BCUT2D eigenvalue weighted by Crippen LogP contribution is -2.65. The van der Waals surface area contributed by atoms with E-state index >= 15 is 0 Å². The highest BCUT2D eigenvalue weighted by Crippen LogP contribution is 2.34. The monoisotopic (exact) mass is 606 g/mol. The van der Waals surface area contributed by atoms with Gasteiger partial charge in [-0.05, 0) is 36.3 Å². The fourth-order valence-electron chi connectivity index (χ4n) is 6.25. The van der Waals surface area contributed by atoms with Gasteiger partial charge in [0.1, 0.15) is 30.0 Å². The minimum absolute atomic E-state index is 0.00955. The van der Waals surface area contributed by atoms with Crippen LogP contribution in [-0.2, 0) is 19.7 Å². The third kappa shape index (κ3) is 6.70. The van der Waals surface area contributed by atoms with Gasteiger partial charge in [-0.15, -0.1) is 0 Å². The number of pyridine rings is 1. The van der Waals surface area contributed by atoms with Gasteiger partial charge >= 0.3 is 0 Å². The molecule has 1 N–H and O–H groups in total. The predicted octanol–water partition coefficient (Wildman–Crippen LogP) is 5.19. The summed E-state index contributed by atoms with van der Waals surface area (Å²) < 4.78 is 35.4. The number of ether oxygens (including phenoxy) is 1. The van der Waals surface area contributed by atoms with Crippen molar-refractivity contribution in [2.24, 2.45) is 11.8 Å². The van der Waals surface area contributed by atoms with Crippen LogP contribution in [0, 0.1) is 23.5 Å². The molecule has 10 heteroatoms. The van der Waals surface area contributed by atoms with Crippen LogP contribution >= 0.6 is 0 Å². The zero-order valence-electron chi connectivity index (χ0n) is 25.7. The highest BCUT2D eigenvalue weighted by molar-refractivity contribution is 5.99. The first kappa shape index (κ1) is 31.4. The van der Waals surface area contributed by atoms with E-state index in [0.29, 0.717) is 18.4 Å². The van der Waals surface area contributed by atoms with E-state index in [2.05, 4.69) is 37.9 Å². The van der Waals surface area contributed by atoms with E-state index in [4.69, 9.17) is 4.74 Å². The Balaban J connectivity index is 1.55. The van der Waals surface area contributed by atoms with Crippen LogP contribution in [0.1, 0.15) is 72.5 Å². The number of benzene rings is 2. The lowest BCUT2D eigenvalue weighted by molar-refractivity contribution is -0.0451. The molecule has 3 aromatic rings. The van der Waals surface area contributed by atoms with Crippen molar-refractivity contribution in [1.29, 1.82) is 0 Å². The third-order valence-corrected chi connectivity index (χ3v) is 8.19. The van der Waals surface area contributed by atoms with Crippen LogP contribution in [0.2, 0.25) is 0 Å². The average molecular weight is 607 g/mol. The summed E-state index contributed by atoms with van der Waals surface area (Å²) in [6, 6.07) is 12.4. The van der Waals surface area contributed by atoms with Crippen molar-refractivity contribution < 1.29 is 23.1 Å². The Labute approximate surface area is 256 Å². The highest BCUT2D eigenvalue weighted by atomic mass is 19.1. The molecule has 2 aromatic carbocycles. The fraction of sp³-hybridized carbons (Fsp3) is 0.441. The maximum atomic E-state index is 14.4. The summed E-state index contributed by atoms with van der Waals surface area (Å²) in [6.07, 6.45) is 2.84. The third-order valence-electron chi connectivity index (χ3n) is 8.19. The Morgan fingerprint density at radius 1 is 1.05 bits per heavy atom. The summed E-state index contributed by atoms with van der Waals surface area (Å²) in [6.45, 7) is 10.3. The number of nitrogens with one attached hydrogen (secondary N) is 1. The summed E-state index contributed by atoms with van der Waals surface area (Å²) in [4.78, 5) is 45.9. The van der Waals surface area contributed by atoms with Gasteiger partial charge in [0.2, 0.25) is 5.43 Å². The molecule has 0 bridgehead atoms. The van der Waals surface area contributed by atoms with Gasteiger partial charge in [-0.1, -0.05) is 64.1 Å². The first-order valence-electron chi connectivity index (χ1n) is 15.3. The molecule has 0 radical (unpaired) electrons. The first-order valence-corrected chi connectivity index (χ1v) is 15.3. The predicted molar refractivity (Wildman–Crippen MR) is 163 cm³/mol. The average Bonchev–Trinajstić information content (AvgIpc) is 2.97. The molecule has 1 fully saturated rings. The SMILES string of the molecule is CC(C)C[C@H]1CCN(CC(C)C)C2Cn3cc(C(=O)NCc4ccc(F)cc4F)c(=O)c(OCc4ccccc4)c3C(=O)N21. The number of nitrogens with zero attached hydrogens (tertiary/aromatic N) is 3. The molecule has 2 aliphatic rings. The summed E-state index contributed by atoms with van der Waals surface area (Å²) in [5.74, 6) is -1.99. The molecular weight excluding hydrogens is 566 g/mol. The molecule has 2 aliphatic heterocycles. The molecule has 0 spiro atoms. The number of amides is 2. The largest absolute Gasteiger partial charge is 0.483 e. The molecule has 3 heterocycles. The summed E-state index contributed by atoms with van der Waals surface area (Å²) in [5.41, 5.74) is 0.0700. The Morgan fingerprint density at radius 2 is 1.80 bits per heavy atom. The second-order valence-corrected chi connectivity index (χ2v) is 12.5. The zero-order chi connectivity index (χ0) is 31.5. The van der Waals surface area contributed by atoms with Crippen molar-refractivity contribution in [2.45, 2.75) is 72.4 Å². The van der Waals surface area contributed by atoms with Gasteiger partial charge in [-0.2, -0.15) is 0 Å². The lowest BCUT2D eigenvalue weighted by atomic mass is 9.94. The van der Waals surface area contributed by atoms with Gasteiger partial charge in [0.25, 0.3) is 11.8 Å².